The van der Waals surface area contributed by atoms with Crippen molar-refractivity contribution in [2.24, 2.45) is 23.2 Å². The summed E-state index contributed by atoms with van der Waals surface area (Å²) in [7, 11) is -3.47. The summed E-state index contributed by atoms with van der Waals surface area (Å²) < 4.78 is 46.2. The fourth-order valence-electron chi connectivity index (χ4n) is 8.42. The van der Waals surface area contributed by atoms with Crippen molar-refractivity contribution in [2.45, 2.75) is 62.5 Å². The molecule has 2 aromatic carbocycles. The van der Waals surface area contributed by atoms with Crippen LogP contribution in [0.5, 0.6) is 0 Å². The number of aliphatic hydroxyl groups is 1. The first-order valence-electron chi connectivity index (χ1n) is 13.3. The molecule has 4 fully saturated rings. The van der Waals surface area contributed by atoms with Gasteiger partial charge in [-0.15, -0.1) is 0 Å². The summed E-state index contributed by atoms with van der Waals surface area (Å²) in [5.41, 5.74) is 2.94. The van der Waals surface area contributed by atoms with Crippen LogP contribution >= 0.6 is 0 Å². The first-order valence-corrected chi connectivity index (χ1v) is 15.0. The van der Waals surface area contributed by atoms with Gasteiger partial charge in [0.1, 0.15) is 5.82 Å². The standard InChI is InChI=1S/C29H32FN3O3S/c30-23-8-4-7-22-25-15-31-17-33(25)24(27(22)23)11-26(34)29-12-19-9-20(13-29)28(21(10-19)14-29)32-37(35,36)16-18-5-2-1-3-6-18/h1-8,15,17,19-21,24,26,28,32,34H,9-14,16H2/t19?,20?,21?,24-,26-,28?,29?/m0/s1. The summed E-state index contributed by atoms with van der Waals surface area (Å²) in [5.74, 6) is 0.710. The first-order chi connectivity index (χ1) is 17.8. The Balaban J connectivity index is 1.11. The maximum absolute atomic E-state index is 15.0. The van der Waals surface area contributed by atoms with Gasteiger partial charge in [0.2, 0.25) is 10.0 Å². The maximum atomic E-state index is 15.0. The molecule has 5 aliphatic rings. The van der Waals surface area contributed by atoms with E-state index in [2.05, 4.69) is 9.71 Å². The Morgan fingerprint density at radius 2 is 1.84 bits per heavy atom. The highest BCUT2D eigenvalue weighted by Crippen LogP contribution is 2.62. The number of benzene rings is 2. The minimum Gasteiger partial charge on any atom is -0.392 e. The van der Waals surface area contributed by atoms with Crippen LogP contribution in [0.1, 0.15) is 55.7 Å². The molecule has 0 radical (unpaired) electrons. The molecule has 2 unspecified atom stereocenters. The number of nitrogens with one attached hydrogen (secondary N) is 1. The summed E-state index contributed by atoms with van der Waals surface area (Å²) in [6.07, 6.45) is 7.97. The number of aromatic nitrogens is 2. The van der Waals surface area contributed by atoms with E-state index in [-0.39, 0.29) is 40.9 Å². The third kappa shape index (κ3) is 3.87. The van der Waals surface area contributed by atoms with Crippen molar-refractivity contribution in [3.63, 3.8) is 0 Å². The molecule has 3 aromatic rings. The van der Waals surface area contributed by atoms with E-state index in [4.69, 9.17) is 0 Å². The third-order valence-electron chi connectivity index (χ3n) is 9.65. The fraction of sp³-hybridized carbons (Fsp3) is 0.483. The predicted octanol–water partition coefficient (Wildman–Crippen LogP) is 4.66. The molecule has 2 heterocycles. The first kappa shape index (κ1) is 23.6. The zero-order valence-corrected chi connectivity index (χ0v) is 21.4. The molecular formula is C29H32FN3O3S. The Hall–Kier alpha value is -2.55. The Morgan fingerprint density at radius 3 is 2.59 bits per heavy atom. The summed E-state index contributed by atoms with van der Waals surface area (Å²) >= 11 is 0. The molecule has 4 saturated carbocycles. The van der Waals surface area contributed by atoms with Crippen LogP contribution in [0.25, 0.3) is 11.3 Å². The summed E-state index contributed by atoms with van der Waals surface area (Å²) in [5, 5.41) is 11.8. The second-order valence-electron chi connectivity index (χ2n) is 11.9. The number of rotatable bonds is 7. The lowest BCUT2D eigenvalue weighted by molar-refractivity contribution is -0.134. The van der Waals surface area contributed by atoms with Crippen LogP contribution in [-0.2, 0) is 15.8 Å². The Bertz CT molecular complexity index is 1420. The number of halogens is 1. The van der Waals surface area contributed by atoms with E-state index in [1.807, 2.05) is 41.0 Å². The molecule has 0 amide bonds. The average molecular weight is 522 g/mol. The van der Waals surface area contributed by atoms with Crippen LogP contribution in [0.15, 0.2) is 61.1 Å². The monoisotopic (exact) mass is 521 g/mol. The minimum atomic E-state index is -3.47. The molecule has 0 spiro atoms. The molecule has 6 nitrogen and oxygen atoms in total. The van der Waals surface area contributed by atoms with Crippen molar-refractivity contribution in [3.8, 4) is 11.3 Å². The number of imidazole rings is 1. The second kappa shape index (κ2) is 8.48. The van der Waals surface area contributed by atoms with Crippen molar-refractivity contribution in [1.82, 2.24) is 14.3 Å². The third-order valence-corrected chi connectivity index (χ3v) is 11.0. The number of hydrogen-bond acceptors (Lipinski definition) is 4. The Kier molecular flexibility index (Phi) is 5.40. The minimum absolute atomic E-state index is 0.0130. The highest BCUT2D eigenvalue weighted by atomic mass is 32.2. The van der Waals surface area contributed by atoms with Crippen LogP contribution in [0.2, 0.25) is 0 Å². The average Bonchev–Trinajstić information content (AvgIpc) is 3.44. The van der Waals surface area contributed by atoms with Gasteiger partial charge in [-0.05, 0) is 73.3 Å². The zero-order chi connectivity index (χ0) is 25.4. The summed E-state index contributed by atoms with van der Waals surface area (Å²) in [4.78, 5) is 4.29. The SMILES string of the molecule is O=S(=O)(Cc1ccccc1)NC1C2CC3CC1CC([C@@H](O)C[C@H]1c4c(F)cccc4-c4cncn41)(C3)C2. The topological polar surface area (TPSA) is 84.2 Å². The number of sulfonamides is 1. The van der Waals surface area contributed by atoms with Crippen LogP contribution in [0.3, 0.4) is 0 Å². The van der Waals surface area contributed by atoms with Gasteiger partial charge in [-0.3, -0.25) is 0 Å². The number of aliphatic hydroxyl groups excluding tert-OH is 1. The molecule has 194 valence electrons. The summed E-state index contributed by atoms with van der Waals surface area (Å²) in [6.45, 7) is 0. The highest BCUT2D eigenvalue weighted by molar-refractivity contribution is 7.88. The van der Waals surface area contributed by atoms with Crippen LogP contribution in [0.4, 0.5) is 4.39 Å². The molecule has 4 bridgehead atoms. The van der Waals surface area contributed by atoms with Gasteiger partial charge in [0, 0.05) is 17.2 Å². The van der Waals surface area contributed by atoms with E-state index in [9.17, 15) is 17.9 Å². The number of fused-ring (bicyclic) bond motifs is 3. The molecule has 1 aliphatic heterocycles. The lowest BCUT2D eigenvalue weighted by Gasteiger charge is -2.61. The van der Waals surface area contributed by atoms with Crippen molar-refractivity contribution < 1.29 is 17.9 Å². The van der Waals surface area contributed by atoms with Crippen molar-refractivity contribution in [3.05, 3.63) is 78.0 Å². The van der Waals surface area contributed by atoms with Gasteiger partial charge in [0.25, 0.3) is 0 Å². The smallest absolute Gasteiger partial charge is 0.216 e. The van der Waals surface area contributed by atoms with Crippen LogP contribution < -0.4 is 4.72 Å². The molecule has 8 rings (SSSR count). The van der Waals surface area contributed by atoms with Gasteiger partial charge in [-0.25, -0.2) is 22.5 Å². The van der Waals surface area contributed by atoms with Gasteiger partial charge in [-0.2, -0.15) is 0 Å². The Morgan fingerprint density at radius 1 is 1.08 bits per heavy atom. The van der Waals surface area contributed by atoms with Crippen LogP contribution in [0, 0.1) is 29.0 Å². The molecule has 2 N–H and O–H groups in total. The van der Waals surface area contributed by atoms with Gasteiger partial charge in [-0.1, -0.05) is 42.5 Å². The number of hydrogen-bond donors (Lipinski definition) is 2. The molecule has 4 aliphatic carbocycles. The molecule has 1 aromatic heterocycles. The molecule has 8 heteroatoms. The van der Waals surface area contributed by atoms with Crippen LogP contribution in [-0.4, -0.2) is 35.2 Å². The van der Waals surface area contributed by atoms with E-state index in [1.165, 1.54) is 6.07 Å². The second-order valence-corrected chi connectivity index (χ2v) is 13.6. The summed E-state index contributed by atoms with van der Waals surface area (Å²) in [6, 6.07) is 14.1. The van der Waals surface area contributed by atoms with Gasteiger partial charge in [0.15, 0.2) is 0 Å². The maximum Gasteiger partial charge on any atom is 0.216 e. The van der Waals surface area contributed by atoms with E-state index >= 15 is 0 Å². The van der Waals surface area contributed by atoms with Gasteiger partial charge in [0.05, 0.1) is 36.1 Å². The quantitative estimate of drug-likeness (QED) is 0.474. The molecule has 0 saturated heterocycles. The largest absolute Gasteiger partial charge is 0.392 e. The van der Waals surface area contributed by atoms with Crippen molar-refractivity contribution >= 4 is 10.0 Å². The predicted molar refractivity (Wildman–Crippen MR) is 138 cm³/mol. The molecule has 37 heavy (non-hydrogen) atoms. The van der Waals surface area contributed by atoms with E-state index in [0.29, 0.717) is 17.9 Å². The molecular weight excluding hydrogens is 489 g/mol. The Labute approximate surface area is 217 Å². The van der Waals surface area contributed by atoms with E-state index in [1.54, 1.807) is 18.6 Å². The fourth-order valence-corrected chi connectivity index (χ4v) is 9.94. The van der Waals surface area contributed by atoms with Crippen molar-refractivity contribution in [1.29, 1.82) is 0 Å². The lowest BCUT2D eigenvalue weighted by Crippen LogP contribution is -2.61. The van der Waals surface area contributed by atoms with Crippen molar-refractivity contribution in [2.75, 3.05) is 0 Å². The lowest BCUT2D eigenvalue weighted by atomic mass is 9.46. The molecule has 4 atom stereocenters. The normalized spacial score (nSPS) is 32.3. The highest BCUT2D eigenvalue weighted by Gasteiger charge is 2.58. The van der Waals surface area contributed by atoms with E-state index in [0.717, 1.165) is 48.9 Å². The zero-order valence-electron chi connectivity index (χ0n) is 20.6. The number of nitrogens with zero attached hydrogens (tertiary/aromatic N) is 2. The van der Waals surface area contributed by atoms with Gasteiger partial charge >= 0.3 is 0 Å². The van der Waals surface area contributed by atoms with E-state index < -0.39 is 16.1 Å². The van der Waals surface area contributed by atoms with Gasteiger partial charge < -0.3 is 9.67 Å².